The van der Waals surface area contributed by atoms with Gasteiger partial charge in [0.2, 0.25) is 0 Å². The molecule has 0 bridgehead atoms. The van der Waals surface area contributed by atoms with Gasteiger partial charge in [-0.25, -0.2) is 4.39 Å². The van der Waals surface area contributed by atoms with E-state index in [4.69, 9.17) is 16.3 Å². The van der Waals surface area contributed by atoms with Crippen LogP contribution in [0.2, 0.25) is 5.02 Å². The van der Waals surface area contributed by atoms with E-state index < -0.39 is 10.2 Å². The lowest BCUT2D eigenvalue weighted by Crippen LogP contribution is -2.26. The van der Waals surface area contributed by atoms with Gasteiger partial charge >= 0.3 is 0 Å². The van der Waals surface area contributed by atoms with Crippen molar-refractivity contribution in [2.24, 2.45) is 4.58 Å². The molecule has 3 heterocycles. The summed E-state index contributed by atoms with van der Waals surface area (Å²) in [7, 11) is -1.50. The molecular weight excluding hydrogens is 413 g/mol. The van der Waals surface area contributed by atoms with Crippen molar-refractivity contribution in [2.75, 3.05) is 26.0 Å². The van der Waals surface area contributed by atoms with Crippen LogP contribution in [0.5, 0.6) is 5.75 Å². The molecule has 8 heteroatoms. The second kappa shape index (κ2) is 6.86. The van der Waals surface area contributed by atoms with Crippen molar-refractivity contribution in [3.05, 3.63) is 74.2 Å². The molecule has 5 rings (SSSR count). The number of nitrogens with zero attached hydrogens (tertiary/aromatic N) is 3. The third-order valence-electron chi connectivity index (χ3n) is 5.45. The lowest BCUT2D eigenvalue weighted by atomic mass is 10.1. The molecule has 2 aromatic carbocycles. The lowest BCUT2D eigenvalue weighted by Gasteiger charge is -2.20. The summed E-state index contributed by atoms with van der Waals surface area (Å²) in [6, 6.07) is 10.6. The van der Waals surface area contributed by atoms with E-state index in [-0.39, 0.29) is 5.82 Å². The second-order valence-corrected chi connectivity index (χ2v) is 10.6. The summed E-state index contributed by atoms with van der Waals surface area (Å²) < 4.78 is 24.7. The summed E-state index contributed by atoms with van der Waals surface area (Å²) >= 11 is 6.57. The summed E-state index contributed by atoms with van der Waals surface area (Å²) in [4.78, 5) is 14.4. The summed E-state index contributed by atoms with van der Waals surface area (Å²) in [5.41, 5.74) is 2.80. The molecule has 2 aliphatic rings. The van der Waals surface area contributed by atoms with Gasteiger partial charge in [0.25, 0.3) is 0 Å². The maximum absolute atomic E-state index is 13.5. The first-order valence-electron chi connectivity index (χ1n) is 9.25. The number of ether oxygens (including phenoxy) is 1. The van der Waals surface area contributed by atoms with Gasteiger partial charge in [0.05, 0.1) is 10.5 Å². The Labute approximate surface area is 174 Å². The van der Waals surface area contributed by atoms with Crippen LogP contribution in [-0.2, 0) is 6.54 Å². The van der Waals surface area contributed by atoms with Crippen LogP contribution in [0.25, 0.3) is 16.6 Å². The van der Waals surface area contributed by atoms with Crippen molar-refractivity contribution in [1.82, 2.24) is 9.47 Å². The molecule has 5 nitrogen and oxygen atoms in total. The molecule has 0 radical (unpaired) electrons. The zero-order chi connectivity index (χ0) is 20.2. The highest BCUT2D eigenvalue weighted by Crippen LogP contribution is 2.68. The molecule has 0 aliphatic carbocycles. The molecule has 1 unspecified atom stereocenters. The van der Waals surface area contributed by atoms with E-state index in [0.717, 1.165) is 33.6 Å². The molecule has 0 saturated carbocycles. The zero-order valence-corrected chi connectivity index (χ0v) is 17.3. The first kappa shape index (κ1) is 18.7. The number of nitroso groups, excluding NO2 is 1. The van der Waals surface area contributed by atoms with E-state index in [1.165, 1.54) is 12.1 Å². The molecule has 3 aromatic rings. The quantitative estimate of drug-likeness (QED) is 0.506. The van der Waals surface area contributed by atoms with Crippen molar-refractivity contribution in [2.45, 2.75) is 6.54 Å². The van der Waals surface area contributed by atoms with Crippen LogP contribution < -0.4 is 4.74 Å². The van der Waals surface area contributed by atoms with Crippen molar-refractivity contribution < 1.29 is 9.13 Å². The predicted octanol–water partition coefficient (Wildman–Crippen LogP) is 5.59. The minimum atomic E-state index is -1.50. The standard InChI is InChI=1S/C21H19ClFN3O2S/c1-29(24-27)13-18(29)12-25-6-7-28-21-15(11-25)9-17(10-19(21)22)26-5-4-14-8-16(23)2-3-20(14)26/h2-5,8-10,13H,6-7,11-12H2,1H3. The number of benzene rings is 2. The Morgan fingerprint density at radius 1 is 1.28 bits per heavy atom. The van der Waals surface area contributed by atoms with Crippen LogP contribution in [0, 0.1) is 10.7 Å². The van der Waals surface area contributed by atoms with Crippen LogP contribution in [0.4, 0.5) is 4.39 Å². The van der Waals surface area contributed by atoms with Crippen molar-refractivity contribution >= 4 is 32.7 Å². The van der Waals surface area contributed by atoms with Gasteiger partial charge in [-0.2, -0.15) is 0 Å². The number of hydrogen-bond acceptors (Lipinski definition) is 4. The Hall–Kier alpha value is -2.35. The summed E-state index contributed by atoms with van der Waals surface area (Å²) in [6.07, 6.45) is 3.82. The first-order valence-corrected chi connectivity index (χ1v) is 11.7. The van der Waals surface area contributed by atoms with Gasteiger partial charge in [0.1, 0.15) is 18.2 Å². The number of halogens is 2. The molecule has 0 amide bonds. The van der Waals surface area contributed by atoms with Gasteiger partial charge in [-0.1, -0.05) is 21.8 Å². The van der Waals surface area contributed by atoms with Crippen LogP contribution in [0.1, 0.15) is 5.56 Å². The van der Waals surface area contributed by atoms with E-state index in [1.807, 2.05) is 34.6 Å². The van der Waals surface area contributed by atoms with E-state index in [2.05, 4.69) is 15.5 Å². The van der Waals surface area contributed by atoms with E-state index >= 15 is 0 Å². The maximum atomic E-state index is 13.5. The van der Waals surface area contributed by atoms with E-state index in [1.54, 1.807) is 6.07 Å². The zero-order valence-electron chi connectivity index (χ0n) is 15.8. The predicted molar refractivity (Wildman–Crippen MR) is 116 cm³/mol. The highest BCUT2D eigenvalue weighted by atomic mass is 35.5. The molecule has 150 valence electrons. The normalized spacial score (nSPS) is 23.5. The van der Waals surface area contributed by atoms with Crippen LogP contribution in [-0.4, -0.2) is 35.4 Å². The molecule has 0 spiro atoms. The SMILES string of the molecule is CS1(N=O)C=C1CN1CCOc2c(Cl)cc(-n3ccc4cc(F)ccc43)cc2C1. The topological polar surface area (TPSA) is 46.8 Å². The minimum absolute atomic E-state index is 0.257. The number of fused-ring (bicyclic) bond motifs is 2. The molecule has 1 aromatic heterocycles. The Bertz CT molecular complexity index is 1180. The molecule has 2 aliphatic heterocycles. The largest absolute Gasteiger partial charge is 0.490 e. The highest BCUT2D eigenvalue weighted by molar-refractivity contribution is 8.42. The van der Waals surface area contributed by atoms with Gasteiger partial charge < -0.3 is 9.30 Å². The monoisotopic (exact) mass is 431 g/mol. The van der Waals surface area contributed by atoms with Gasteiger partial charge in [-0.05, 0) is 52.6 Å². The average Bonchev–Trinajstić information content (AvgIpc) is 3.23. The van der Waals surface area contributed by atoms with Gasteiger partial charge in [-0.15, -0.1) is 4.91 Å². The molecule has 1 atom stereocenters. The van der Waals surface area contributed by atoms with Crippen molar-refractivity contribution in [3.63, 3.8) is 0 Å². The van der Waals surface area contributed by atoms with E-state index in [0.29, 0.717) is 30.5 Å². The number of rotatable bonds is 4. The Balaban J connectivity index is 1.48. The maximum Gasteiger partial charge on any atom is 0.142 e. The number of aromatic nitrogens is 1. The summed E-state index contributed by atoms with van der Waals surface area (Å²) in [5, 5.41) is 3.37. The third-order valence-corrected chi connectivity index (χ3v) is 7.84. The Morgan fingerprint density at radius 3 is 2.93 bits per heavy atom. The fourth-order valence-electron chi connectivity index (χ4n) is 3.81. The fourth-order valence-corrected chi connectivity index (χ4v) is 5.64. The minimum Gasteiger partial charge on any atom is -0.490 e. The average molecular weight is 432 g/mol. The van der Waals surface area contributed by atoms with Gasteiger partial charge in [0.15, 0.2) is 0 Å². The fraction of sp³-hybridized carbons (Fsp3) is 0.238. The lowest BCUT2D eigenvalue weighted by molar-refractivity contribution is 0.242. The first-order chi connectivity index (χ1) is 14.0. The third kappa shape index (κ3) is 3.33. The van der Waals surface area contributed by atoms with Gasteiger partial charge in [0, 0.05) is 47.4 Å². The number of hydrogen-bond donors (Lipinski definition) is 0. The smallest absolute Gasteiger partial charge is 0.142 e. The summed E-state index contributed by atoms with van der Waals surface area (Å²) in [5.74, 6) is 0.446. The summed E-state index contributed by atoms with van der Waals surface area (Å²) in [6.45, 7) is 2.67. The van der Waals surface area contributed by atoms with Crippen LogP contribution in [0.15, 0.2) is 57.5 Å². The van der Waals surface area contributed by atoms with Crippen molar-refractivity contribution in [1.29, 1.82) is 0 Å². The Kier molecular flexibility index (Phi) is 4.42. The molecule has 0 saturated heterocycles. The highest BCUT2D eigenvalue weighted by Gasteiger charge is 2.37. The Morgan fingerprint density at radius 2 is 2.14 bits per heavy atom. The molecular formula is C21H19ClFN3O2S. The molecule has 0 fully saturated rings. The van der Waals surface area contributed by atoms with Crippen molar-refractivity contribution in [3.8, 4) is 11.4 Å². The van der Waals surface area contributed by atoms with Crippen LogP contribution >= 0.6 is 21.8 Å². The molecule has 0 N–H and O–H groups in total. The van der Waals surface area contributed by atoms with Crippen LogP contribution in [0.3, 0.4) is 0 Å². The molecule has 29 heavy (non-hydrogen) atoms. The van der Waals surface area contributed by atoms with Gasteiger partial charge in [-0.3, -0.25) is 4.90 Å². The second-order valence-electron chi connectivity index (χ2n) is 7.46. The van der Waals surface area contributed by atoms with E-state index in [9.17, 15) is 9.30 Å².